The van der Waals surface area contributed by atoms with Crippen LogP contribution in [0.2, 0.25) is 0 Å². The second-order valence-electron chi connectivity index (χ2n) is 3.16. The van der Waals surface area contributed by atoms with Gasteiger partial charge in [-0.3, -0.25) is 4.68 Å². The van der Waals surface area contributed by atoms with Crippen LogP contribution in [0.3, 0.4) is 0 Å². The first-order valence-electron chi connectivity index (χ1n) is 4.59. The van der Waals surface area contributed by atoms with Crippen molar-refractivity contribution in [3.05, 3.63) is 36.3 Å². The van der Waals surface area contributed by atoms with E-state index in [-0.39, 0.29) is 0 Å². The van der Waals surface area contributed by atoms with Crippen molar-refractivity contribution in [3.63, 3.8) is 0 Å². The van der Waals surface area contributed by atoms with Crippen molar-refractivity contribution in [3.8, 4) is 11.6 Å². The lowest BCUT2D eigenvalue weighted by molar-refractivity contribution is 0.461. The van der Waals surface area contributed by atoms with Crippen molar-refractivity contribution in [2.45, 2.75) is 6.54 Å². The number of hydrogen-bond donors (Lipinski definition) is 1. The minimum absolute atomic E-state index is 0.478. The number of aromatic nitrogens is 3. The van der Waals surface area contributed by atoms with Crippen LogP contribution in [0.1, 0.15) is 5.56 Å². The van der Waals surface area contributed by atoms with Gasteiger partial charge in [0.1, 0.15) is 0 Å². The van der Waals surface area contributed by atoms with Crippen molar-refractivity contribution in [2.75, 3.05) is 0 Å². The van der Waals surface area contributed by atoms with Crippen LogP contribution in [0.5, 0.6) is 11.6 Å². The van der Waals surface area contributed by atoms with E-state index >= 15 is 0 Å². The summed E-state index contributed by atoms with van der Waals surface area (Å²) in [5, 5.41) is 3.99. The molecular weight excluding hydrogens is 192 g/mol. The molecule has 15 heavy (non-hydrogen) atoms. The molecule has 5 heteroatoms. The van der Waals surface area contributed by atoms with E-state index in [1.165, 1.54) is 0 Å². The highest BCUT2D eigenvalue weighted by molar-refractivity contribution is 5.25. The Morgan fingerprint density at radius 1 is 1.53 bits per heavy atom. The molecule has 2 aromatic rings. The van der Waals surface area contributed by atoms with E-state index in [0.29, 0.717) is 18.2 Å². The third-order valence-electron chi connectivity index (χ3n) is 1.94. The summed E-state index contributed by atoms with van der Waals surface area (Å²) in [6.07, 6.45) is 5.08. The van der Waals surface area contributed by atoms with Crippen LogP contribution in [-0.4, -0.2) is 14.8 Å². The van der Waals surface area contributed by atoms with Crippen LogP contribution in [0.15, 0.2) is 30.7 Å². The van der Waals surface area contributed by atoms with E-state index in [2.05, 4.69) is 10.1 Å². The fourth-order valence-electron chi connectivity index (χ4n) is 1.21. The molecule has 0 fully saturated rings. The molecule has 0 amide bonds. The van der Waals surface area contributed by atoms with Gasteiger partial charge >= 0.3 is 0 Å². The summed E-state index contributed by atoms with van der Waals surface area (Å²) in [5.41, 5.74) is 6.51. The maximum absolute atomic E-state index is 5.52. The van der Waals surface area contributed by atoms with Gasteiger partial charge in [-0.1, -0.05) is 0 Å². The average Bonchev–Trinajstić information content (AvgIpc) is 2.64. The molecule has 5 nitrogen and oxygen atoms in total. The van der Waals surface area contributed by atoms with Crippen molar-refractivity contribution < 1.29 is 4.74 Å². The van der Waals surface area contributed by atoms with Crippen LogP contribution in [0, 0.1) is 0 Å². The molecule has 2 aromatic heterocycles. The first-order chi connectivity index (χ1) is 7.28. The molecular formula is C10H12N4O. The Kier molecular flexibility index (Phi) is 2.64. The predicted octanol–water partition coefficient (Wildman–Crippen LogP) is 1.07. The average molecular weight is 204 g/mol. The minimum Gasteiger partial charge on any atom is -0.436 e. The second kappa shape index (κ2) is 4.10. The fourth-order valence-corrected chi connectivity index (χ4v) is 1.21. The van der Waals surface area contributed by atoms with Crippen molar-refractivity contribution >= 4 is 0 Å². The fraction of sp³-hybridized carbons (Fsp3) is 0.200. The summed E-state index contributed by atoms with van der Waals surface area (Å²) in [5.74, 6) is 1.20. The Morgan fingerprint density at radius 2 is 2.40 bits per heavy atom. The summed E-state index contributed by atoms with van der Waals surface area (Å²) in [4.78, 5) is 4.08. The molecule has 0 aromatic carbocycles. The van der Waals surface area contributed by atoms with Gasteiger partial charge in [0.05, 0.1) is 12.4 Å². The van der Waals surface area contributed by atoms with Gasteiger partial charge < -0.3 is 10.5 Å². The Hall–Kier alpha value is -1.88. The summed E-state index contributed by atoms with van der Waals surface area (Å²) in [6, 6.07) is 3.67. The monoisotopic (exact) mass is 204 g/mol. The topological polar surface area (TPSA) is 66.0 Å². The van der Waals surface area contributed by atoms with Gasteiger partial charge in [0.25, 0.3) is 0 Å². The van der Waals surface area contributed by atoms with Crippen LogP contribution in [0.25, 0.3) is 0 Å². The van der Waals surface area contributed by atoms with Gasteiger partial charge in [0.2, 0.25) is 5.88 Å². The lowest BCUT2D eigenvalue weighted by Gasteiger charge is -2.02. The molecule has 0 bridgehead atoms. The smallest absolute Gasteiger partial charge is 0.219 e. The van der Waals surface area contributed by atoms with Crippen molar-refractivity contribution in [2.24, 2.45) is 12.8 Å². The number of hydrogen-bond acceptors (Lipinski definition) is 4. The molecule has 0 spiro atoms. The first kappa shape index (κ1) is 9.67. The number of aryl methyl sites for hydroxylation is 1. The zero-order chi connectivity index (χ0) is 10.7. The van der Waals surface area contributed by atoms with Crippen LogP contribution >= 0.6 is 0 Å². The van der Waals surface area contributed by atoms with Crippen molar-refractivity contribution in [1.82, 2.24) is 14.8 Å². The zero-order valence-corrected chi connectivity index (χ0v) is 8.42. The standard InChI is InChI=1S/C10H12N4O/c1-14-7-9(6-13-14)15-10-4-8(5-11)2-3-12-10/h2-4,6-7H,5,11H2,1H3. The van der Waals surface area contributed by atoms with Crippen LogP contribution in [0.4, 0.5) is 0 Å². The molecule has 0 aliphatic rings. The van der Waals surface area contributed by atoms with Gasteiger partial charge in [-0.15, -0.1) is 0 Å². The molecule has 0 atom stereocenters. The Labute approximate surface area is 87.5 Å². The van der Waals surface area contributed by atoms with Crippen LogP contribution < -0.4 is 10.5 Å². The third-order valence-corrected chi connectivity index (χ3v) is 1.94. The highest BCUT2D eigenvalue weighted by Gasteiger charge is 2.01. The minimum atomic E-state index is 0.478. The maximum Gasteiger partial charge on any atom is 0.219 e. The number of nitrogens with zero attached hydrogens (tertiary/aromatic N) is 3. The van der Waals surface area contributed by atoms with Gasteiger partial charge in [0, 0.05) is 25.9 Å². The molecule has 0 saturated carbocycles. The highest BCUT2D eigenvalue weighted by atomic mass is 16.5. The largest absolute Gasteiger partial charge is 0.436 e. The van der Waals surface area contributed by atoms with Crippen LogP contribution in [-0.2, 0) is 13.6 Å². The molecule has 0 unspecified atom stereocenters. The molecule has 0 radical (unpaired) electrons. The number of rotatable bonds is 3. The second-order valence-corrected chi connectivity index (χ2v) is 3.16. The van der Waals surface area contributed by atoms with Crippen molar-refractivity contribution in [1.29, 1.82) is 0 Å². The number of pyridine rings is 1. The molecule has 0 saturated heterocycles. The number of nitrogens with two attached hydrogens (primary N) is 1. The summed E-state index contributed by atoms with van der Waals surface area (Å²) in [6.45, 7) is 0.478. The van der Waals surface area contributed by atoms with Gasteiger partial charge in [-0.2, -0.15) is 5.10 Å². The Morgan fingerprint density at radius 3 is 3.07 bits per heavy atom. The zero-order valence-electron chi connectivity index (χ0n) is 8.42. The SMILES string of the molecule is Cn1cc(Oc2cc(CN)ccn2)cn1. The molecule has 2 N–H and O–H groups in total. The normalized spacial score (nSPS) is 10.3. The lowest BCUT2D eigenvalue weighted by atomic mass is 10.3. The molecule has 2 rings (SSSR count). The van der Waals surface area contributed by atoms with Gasteiger partial charge in [0.15, 0.2) is 5.75 Å². The summed E-state index contributed by atoms with van der Waals surface area (Å²) < 4.78 is 7.16. The summed E-state index contributed by atoms with van der Waals surface area (Å²) in [7, 11) is 1.83. The predicted molar refractivity (Wildman–Crippen MR) is 55.4 cm³/mol. The van der Waals surface area contributed by atoms with E-state index in [1.54, 1.807) is 23.3 Å². The third kappa shape index (κ3) is 2.32. The van der Waals surface area contributed by atoms with E-state index in [9.17, 15) is 0 Å². The summed E-state index contributed by atoms with van der Waals surface area (Å²) >= 11 is 0. The first-order valence-corrected chi connectivity index (χ1v) is 4.59. The van der Waals surface area contributed by atoms with E-state index in [4.69, 9.17) is 10.5 Å². The van der Waals surface area contributed by atoms with Gasteiger partial charge in [-0.05, 0) is 11.6 Å². The Balaban J connectivity index is 2.16. The highest BCUT2D eigenvalue weighted by Crippen LogP contribution is 2.18. The maximum atomic E-state index is 5.52. The molecule has 2 heterocycles. The van der Waals surface area contributed by atoms with E-state index < -0.39 is 0 Å². The molecule has 78 valence electrons. The van der Waals surface area contributed by atoms with Gasteiger partial charge in [-0.25, -0.2) is 4.98 Å². The van der Waals surface area contributed by atoms with E-state index in [0.717, 1.165) is 5.56 Å². The van der Waals surface area contributed by atoms with E-state index in [1.807, 2.05) is 19.2 Å². The number of ether oxygens (including phenoxy) is 1. The lowest BCUT2D eigenvalue weighted by Crippen LogP contribution is -1.97. The quantitative estimate of drug-likeness (QED) is 0.812. The molecule has 0 aliphatic carbocycles. The molecule has 0 aliphatic heterocycles. The Bertz CT molecular complexity index is 452.